The number of sulfonamides is 1. The summed E-state index contributed by atoms with van der Waals surface area (Å²) in [4.78, 5) is 28.3. The van der Waals surface area contributed by atoms with E-state index in [1.54, 1.807) is 28.9 Å². The average molecular weight is 454 g/mol. The second-order valence-electron chi connectivity index (χ2n) is 7.17. The Morgan fingerprint density at radius 1 is 1.13 bits per heavy atom. The molecule has 2 fully saturated rings. The largest absolute Gasteiger partial charge is 0.450 e. The molecule has 0 saturated carbocycles. The van der Waals surface area contributed by atoms with Gasteiger partial charge in [0.05, 0.1) is 18.3 Å². The number of nitrogens with zero attached hydrogens (tertiary/aromatic N) is 5. The van der Waals surface area contributed by atoms with E-state index >= 15 is 0 Å². The average Bonchev–Trinajstić information content (AvgIpc) is 3.43. The van der Waals surface area contributed by atoms with E-state index in [0.717, 1.165) is 11.7 Å². The van der Waals surface area contributed by atoms with E-state index in [-0.39, 0.29) is 23.4 Å². The van der Waals surface area contributed by atoms with Gasteiger partial charge in [0.15, 0.2) is 0 Å². The van der Waals surface area contributed by atoms with Crippen molar-refractivity contribution >= 4 is 44.8 Å². The van der Waals surface area contributed by atoms with Crippen LogP contribution in [0, 0.1) is 0 Å². The Bertz CT molecular complexity index is 1050. The summed E-state index contributed by atoms with van der Waals surface area (Å²) in [5.41, 5.74) is 0.863. The summed E-state index contributed by atoms with van der Waals surface area (Å²) in [6.45, 7) is 3.78. The molecule has 12 heteroatoms. The molecule has 0 aliphatic carbocycles. The molecule has 0 spiro atoms. The fourth-order valence-electron chi connectivity index (χ4n) is 3.93. The Kier molecular flexibility index (Phi) is 5.89. The van der Waals surface area contributed by atoms with Crippen LogP contribution in [0.3, 0.4) is 0 Å². The fourth-order valence-corrected chi connectivity index (χ4v) is 6.33. The number of piperazine rings is 1. The highest BCUT2D eigenvalue weighted by atomic mass is 32.2. The van der Waals surface area contributed by atoms with Crippen molar-refractivity contribution < 1.29 is 22.7 Å². The Hall–Kier alpha value is -2.31. The lowest BCUT2D eigenvalue weighted by Crippen LogP contribution is -2.55. The maximum absolute atomic E-state index is 13.4. The van der Waals surface area contributed by atoms with Crippen molar-refractivity contribution in [1.29, 1.82) is 0 Å². The van der Waals surface area contributed by atoms with E-state index in [4.69, 9.17) is 4.74 Å². The molecular weight excluding hydrogens is 430 g/mol. The molecule has 0 radical (unpaired) electrons. The summed E-state index contributed by atoms with van der Waals surface area (Å²) < 4.78 is 41.3. The van der Waals surface area contributed by atoms with Crippen LogP contribution in [0.2, 0.25) is 0 Å². The topological polar surface area (TPSA) is 113 Å². The Labute approximate surface area is 178 Å². The minimum Gasteiger partial charge on any atom is -0.450 e. The summed E-state index contributed by atoms with van der Waals surface area (Å²) in [5.74, 6) is -0.219. The lowest BCUT2D eigenvalue weighted by atomic mass is 10.2. The minimum absolute atomic E-state index is 0.0839. The summed E-state index contributed by atoms with van der Waals surface area (Å²) >= 11 is 0.961. The first-order chi connectivity index (χ1) is 14.4. The highest BCUT2D eigenvalue weighted by Crippen LogP contribution is 2.30. The quantitative estimate of drug-likeness (QED) is 0.682. The van der Waals surface area contributed by atoms with Crippen molar-refractivity contribution in [2.75, 3.05) is 39.3 Å². The molecule has 2 saturated heterocycles. The van der Waals surface area contributed by atoms with Crippen molar-refractivity contribution in [3.8, 4) is 0 Å². The van der Waals surface area contributed by atoms with Crippen molar-refractivity contribution in [3.05, 3.63) is 18.2 Å². The lowest BCUT2D eigenvalue weighted by molar-refractivity contribution is -0.136. The van der Waals surface area contributed by atoms with Gasteiger partial charge in [-0.1, -0.05) is 6.07 Å². The highest BCUT2D eigenvalue weighted by Gasteiger charge is 2.42. The molecule has 30 heavy (non-hydrogen) atoms. The van der Waals surface area contributed by atoms with Gasteiger partial charge in [-0.05, 0) is 31.9 Å². The van der Waals surface area contributed by atoms with E-state index in [1.807, 2.05) is 0 Å². The first kappa shape index (κ1) is 20.9. The van der Waals surface area contributed by atoms with Gasteiger partial charge in [-0.3, -0.25) is 4.79 Å². The van der Waals surface area contributed by atoms with Gasteiger partial charge in [0, 0.05) is 32.7 Å². The normalized spacial score (nSPS) is 20.6. The van der Waals surface area contributed by atoms with E-state index in [1.165, 1.54) is 10.4 Å². The van der Waals surface area contributed by atoms with E-state index in [9.17, 15) is 18.0 Å². The maximum atomic E-state index is 13.4. The first-order valence-electron chi connectivity index (χ1n) is 9.87. The predicted molar refractivity (Wildman–Crippen MR) is 110 cm³/mol. The zero-order chi connectivity index (χ0) is 21.3. The summed E-state index contributed by atoms with van der Waals surface area (Å²) in [6, 6.07) is 4.12. The molecule has 162 valence electrons. The Morgan fingerprint density at radius 3 is 2.60 bits per heavy atom. The monoisotopic (exact) mass is 453 g/mol. The second kappa shape index (κ2) is 8.44. The standard InChI is InChI=1S/C18H23N5O5S2/c1-2-28-18(25)22-11-9-21(10-12-22)17(24)14-6-4-8-23(14)30(26,27)15-7-3-5-13-16(15)20-29-19-13/h3,5,7,14H,2,4,6,8-12H2,1H3. The van der Waals surface area contributed by atoms with Crippen molar-refractivity contribution in [2.45, 2.75) is 30.7 Å². The van der Waals surface area contributed by atoms with Crippen LogP contribution in [-0.4, -0.2) is 88.6 Å². The van der Waals surface area contributed by atoms with Gasteiger partial charge in [-0.15, -0.1) is 0 Å². The van der Waals surface area contributed by atoms with Gasteiger partial charge in [0.2, 0.25) is 15.9 Å². The van der Waals surface area contributed by atoms with Crippen molar-refractivity contribution in [3.63, 3.8) is 0 Å². The first-order valence-corrected chi connectivity index (χ1v) is 12.0. The van der Waals surface area contributed by atoms with Gasteiger partial charge in [-0.2, -0.15) is 13.1 Å². The zero-order valence-electron chi connectivity index (χ0n) is 16.6. The number of ether oxygens (including phenoxy) is 1. The van der Waals surface area contributed by atoms with E-state index in [2.05, 4.69) is 8.75 Å². The third-order valence-electron chi connectivity index (χ3n) is 5.44. The summed E-state index contributed by atoms with van der Waals surface area (Å²) in [5, 5.41) is 0. The van der Waals surface area contributed by atoms with Gasteiger partial charge in [-0.25, -0.2) is 13.2 Å². The predicted octanol–water partition coefficient (Wildman–Crippen LogP) is 1.15. The molecule has 1 aromatic carbocycles. The van der Waals surface area contributed by atoms with Crippen LogP contribution in [0.25, 0.3) is 11.0 Å². The number of hydrogen-bond acceptors (Lipinski definition) is 8. The van der Waals surface area contributed by atoms with Crippen LogP contribution >= 0.6 is 11.7 Å². The third-order valence-corrected chi connectivity index (χ3v) is 7.92. The Balaban J connectivity index is 1.50. The summed E-state index contributed by atoms with van der Waals surface area (Å²) in [6.07, 6.45) is 0.699. The molecule has 1 aromatic heterocycles. The van der Waals surface area contributed by atoms with Crippen LogP contribution in [0.4, 0.5) is 4.79 Å². The van der Waals surface area contributed by atoms with E-state index in [0.29, 0.717) is 56.7 Å². The number of fused-ring (bicyclic) bond motifs is 1. The smallest absolute Gasteiger partial charge is 0.409 e. The van der Waals surface area contributed by atoms with Gasteiger partial charge >= 0.3 is 6.09 Å². The molecule has 1 atom stereocenters. The molecular formula is C18H23N5O5S2. The number of rotatable bonds is 4. The number of amides is 2. The zero-order valence-corrected chi connectivity index (χ0v) is 18.2. The van der Waals surface area contributed by atoms with Crippen LogP contribution in [0.1, 0.15) is 19.8 Å². The summed E-state index contributed by atoms with van der Waals surface area (Å²) in [7, 11) is -3.89. The second-order valence-corrected chi connectivity index (χ2v) is 9.56. The van der Waals surface area contributed by atoms with Gasteiger partial charge in [0.25, 0.3) is 0 Å². The molecule has 3 heterocycles. The number of carbonyl (C=O) groups excluding carboxylic acids is 2. The maximum Gasteiger partial charge on any atom is 0.409 e. The number of carbonyl (C=O) groups is 2. The van der Waals surface area contributed by atoms with E-state index < -0.39 is 16.1 Å². The number of hydrogen-bond donors (Lipinski definition) is 0. The van der Waals surface area contributed by atoms with Crippen LogP contribution in [0.15, 0.2) is 23.1 Å². The molecule has 2 aliphatic heterocycles. The molecule has 0 N–H and O–H groups in total. The van der Waals surface area contributed by atoms with Crippen molar-refractivity contribution in [1.82, 2.24) is 22.9 Å². The van der Waals surface area contributed by atoms with Gasteiger partial charge < -0.3 is 14.5 Å². The SMILES string of the molecule is CCOC(=O)N1CCN(C(=O)C2CCCN2S(=O)(=O)c2cccc3nsnc23)CC1. The van der Waals surface area contributed by atoms with Crippen LogP contribution < -0.4 is 0 Å². The highest BCUT2D eigenvalue weighted by molar-refractivity contribution is 7.89. The number of aromatic nitrogens is 2. The molecule has 2 aromatic rings. The fraction of sp³-hybridized carbons (Fsp3) is 0.556. The molecule has 2 amide bonds. The molecule has 4 rings (SSSR count). The van der Waals surface area contributed by atoms with Gasteiger partial charge in [0.1, 0.15) is 22.0 Å². The molecule has 1 unspecified atom stereocenters. The molecule has 10 nitrogen and oxygen atoms in total. The van der Waals surface area contributed by atoms with Crippen LogP contribution in [-0.2, 0) is 19.6 Å². The third kappa shape index (κ3) is 3.74. The molecule has 0 bridgehead atoms. The van der Waals surface area contributed by atoms with Crippen LogP contribution in [0.5, 0.6) is 0 Å². The molecule has 2 aliphatic rings. The Morgan fingerprint density at radius 2 is 1.87 bits per heavy atom. The van der Waals surface area contributed by atoms with Crippen molar-refractivity contribution in [2.24, 2.45) is 0 Å². The minimum atomic E-state index is -3.89. The number of benzene rings is 1. The lowest BCUT2D eigenvalue weighted by Gasteiger charge is -2.36.